The fraction of sp³-hybridized carbons (Fsp3) is 0.273. The first kappa shape index (κ1) is 13.0. The molecule has 7 heteroatoms. The fourth-order valence-electron chi connectivity index (χ4n) is 1.31. The maximum absolute atomic E-state index is 11.7. The minimum absolute atomic E-state index is 0.534. The molecule has 0 aliphatic rings. The first-order chi connectivity index (χ1) is 8.54. The number of aromatic nitrogens is 2. The SMILES string of the molecule is Cc1ccc(OS(=O)N=c2sc(C)nn2C)cc1. The molecule has 1 aromatic heterocycles. The summed E-state index contributed by atoms with van der Waals surface area (Å²) in [6.07, 6.45) is 0. The van der Waals surface area contributed by atoms with E-state index in [1.807, 2.05) is 26.0 Å². The highest BCUT2D eigenvalue weighted by Gasteiger charge is 2.03. The van der Waals surface area contributed by atoms with Crippen LogP contribution in [0.3, 0.4) is 0 Å². The Balaban J connectivity index is 2.16. The average molecular weight is 283 g/mol. The van der Waals surface area contributed by atoms with Gasteiger partial charge in [0.15, 0.2) is 0 Å². The van der Waals surface area contributed by atoms with Crippen molar-refractivity contribution in [1.29, 1.82) is 0 Å². The molecular weight excluding hydrogens is 270 g/mol. The van der Waals surface area contributed by atoms with Crippen molar-refractivity contribution in [2.24, 2.45) is 11.4 Å². The molecule has 2 rings (SSSR count). The third-order valence-electron chi connectivity index (χ3n) is 2.15. The van der Waals surface area contributed by atoms with E-state index in [-0.39, 0.29) is 0 Å². The number of hydrogen-bond donors (Lipinski definition) is 0. The number of aryl methyl sites for hydroxylation is 3. The Hall–Kier alpha value is -1.47. The molecule has 0 saturated carbocycles. The Kier molecular flexibility index (Phi) is 3.93. The van der Waals surface area contributed by atoms with E-state index in [1.165, 1.54) is 11.3 Å². The maximum Gasteiger partial charge on any atom is 0.341 e. The molecule has 5 nitrogen and oxygen atoms in total. The average Bonchev–Trinajstić information content (AvgIpc) is 2.61. The van der Waals surface area contributed by atoms with Crippen molar-refractivity contribution in [3.63, 3.8) is 0 Å². The Morgan fingerprint density at radius 3 is 2.56 bits per heavy atom. The van der Waals surface area contributed by atoms with Crippen molar-refractivity contribution in [3.05, 3.63) is 39.6 Å². The number of benzene rings is 1. The van der Waals surface area contributed by atoms with E-state index in [9.17, 15) is 4.21 Å². The number of rotatable bonds is 3. The third-order valence-corrected chi connectivity index (χ3v) is 3.84. The molecule has 1 aromatic carbocycles. The van der Waals surface area contributed by atoms with Crippen LogP contribution in [-0.4, -0.2) is 14.0 Å². The maximum atomic E-state index is 11.7. The van der Waals surface area contributed by atoms with Crippen molar-refractivity contribution in [1.82, 2.24) is 9.78 Å². The summed E-state index contributed by atoms with van der Waals surface area (Å²) in [5.41, 5.74) is 1.12. The molecule has 0 N–H and O–H groups in total. The molecule has 0 saturated heterocycles. The monoisotopic (exact) mass is 283 g/mol. The molecule has 0 amide bonds. The Labute approximate surface area is 112 Å². The van der Waals surface area contributed by atoms with Crippen molar-refractivity contribution < 1.29 is 8.39 Å². The molecular formula is C11H13N3O2S2. The van der Waals surface area contributed by atoms with Crippen LogP contribution in [0.2, 0.25) is 0 Å². The molecule has 0 radical (unpaired) electrons. The molecule has 96 valence electrons. The predicted octanol–water partition coefficient (Wildman–Crippen LogP) is 1.66. The largest absolute Gasteiger partial charge is 0.384 e. The van der Waals surface area contributed by atoms with Crippen molar-refractivity contribution in [3.8, 4) is 5.75 Å². The molecule has 0 spiro atoms. The Morgan fingerprint density at radius 2 is 2.00 bits per heavy atom. The van der Waals surface area contributed by atoms with Crippen LogP contribution in [0.1, 0.15) is 10.6 Å². The van der Waals surface area contributed by atoms with Gasteiger partial charge in [0, 0.05) is 7.05 Å². The summed E-state index contributed by atoms with van der Waals surface area (Å²) in [7, 11) is 1.76. The molecule has 0 aliphatic carbocycles. The zero-order valence-electron chi connectivity index (χ0n) is 10.3. The van der Waals surface area contributed by atoms with Gasteiger partial charge >= 0.3 is 11.3 Å². The lowest BCUT2D eigenvalue weighted by atomic mass is 10.2. The lowest BCUT2D eigenvalue weighted by Gasteiger charge is -2.00. The Morgan fingerprint density at radius 1 is 1.33 bits per heavy atom. The van der Waals surface area contributed by atoms with E-state index in [2.05, 4.69) is 9.50 Å². The van der Waals surface area contributed by atoms with Gasteiger partial charge in [0.2, 0.25) is 4.80 Å². The first-order valence-corrected chi connectivity index (χ1v) is 7.12. The van der Waals surface area contributed by atoms with Crippen LogP contribution in [0.4, 0.5) is 0 Å². The van der Waals surface area contributed by atoms with Crippen molar-refractivity contribution >= 4 is 22.6 Å². The zero-order valence-corrected chi connectivity index (χ0v) is 11.9. The van der Waals surface area contributed by atoms with Gasteiger partial charge < -0.3 is 4.18 Å². The normalized spacial score (nSPS) is 13.6. The zero-order chi connectivity index (χ0) is 13.1. The van der Waals surface area contributed by atoms with Crippen LogP contribution in [0.15, 0.2) is 28.7 Å². The number of nitrogens with zero attached hydrogens (tertiary/aromatic N) is 3. The summed E-state index contributed by atoms with van der Waals surface area (Å²) in [5.74, 6) is 0.534. The first-order valence-electron chi connectivity index (χ1n) is 5.27. The lowest BCUT2D eigenvalue weighted by Crippen LogP contribution is -2.14. The quantitative estimate of drug-likeness (QED) is 0.860. The third kappa shape index (κ3) is 3.27. The highest BCUT2D eigenvalue weighted by atomic mass is 32.2. The summed E-state index contributed by atoms with van der Waals surface area (Å²) >= 11 is -0.383. The van der Waals surface area contributed by atoms with Gasteiger partial charge in [0.1, 0.15) is 10.8 Å². The molecule has 2 aromatic rings. The van der Waals surface area contributed by atoms with Crippen molar-refractivity contribution in [2.45, 2.75) is 13.8 Å². The van der Waals surface area contributed by atoms with Gasteiger partial charge in [-0.2, -0.15) is 9.31 Å². The van der Waals surface area contributed by atoms with Crippen LogP contribution >= 0.6 is 11.3 Å². The summed E-state index contributed by atoms with van der Waals surface area (Å²) < 4.78 is 22.5. The molecule has 18 heavy (non-hydrogen) atoms. The summed E-state index contributed by atoms with van der Waals surface area (Å²) in [4.78, 5) is 0.568. The van der Waals surface area contributed by atoms with Crippen LogP contribution in [0, 0.1) is 13.8 Å². The van der Waals surface area contributed by atoms with Crippen LogP contribution in [0.25, 0.3) is 0 Å². The van der Waals surface area contributed by atoms with E-state index < -0.39 is 11.3 Å². The van der Waals surface area contributed by atoms with Crippen molar-refractivity contribution in [2.75, 3.05) is 0 Å². The van der Waals surface area contributed by atoms with Gasteiger partial charge in [-0.25, -0.2) is 4.68 Å². The lowest BCUT2D eigenvalue weighted by molar-refractivity contribution is 0.561. The second-order valence-electron chi connectivity index (χ2n) is 3.73. The number of hydrogen-bond acceptors (Lipinski definition) is 4. The predicted molar refractivity (Wildman–Crippen MR) is 71.3 cm³/mol. The van der Waals surface area contributed by atoms with E-state index >= 15 is 0 Å². The van der Waals surface area contributed by atoms with Gasteiger partial charge in [-0.1, -0.05) is 29.0 Å². The van der Waals surface area contributed by atoms with Crippen LogP contribution in [0.5, 0.6) is 5.75 Å². The smallest absolute Gasteiger partial charge is 0.341 e. The second kappa shape index (κ2) is 5.45. The van der Waals surface area contributed by atoms with Gasteiger partial charge in [0.25, 0.3) is 0 Å². The van der Waals surface area contributed by atoms with Crippen LogP contribution < -0.4 is 8.98 Å². The second-order valence-corrected chi connectivity index (χ2v) is 5.68. The highest BCUT2D eigenvalue weighted by Crippen LogP contribution is 2.12. The van der Waals surface area contributed by atoms with Gasteiger partial charge in [-0.15, -0.1) is 4.40 Å². The molecule has 1 heterocycles. The van der Waals surface area contributed by atoms with E-state index in [1.54, 1.807) is 23.9 Å². The van der Waals surface area contributed by atoms with Gasteiger partial charge in [-0.3, -0.25) is 0 Å². The minimum Gasteiger partial charge on any atom is -0.384 e. The minimum atomic E-state index is -1.75. The molecule has 0 fully saturated rings. The standard InChI is InChI=1S/C11H13N3O2S2/c1-8-4-6-10(7-5-8)16-18(15)13-11-14(3)12-9(2)17-11/h4-7H,1-3H3. The summed E-state index contributed by atoms with van der Waals surface area (Å²) in [6.45, 7) is 3.85. The molecule has 0 bridgehead atoms. The molecule has 1 unspecified atom stereocenters. The van der Waals surface area contributed by atoms with Gasteiger partial charge in [-0.05, 0) is 26.0 Å². The van der Waals surface area contributed by atoms with E-state index in [4.69, 9.17) is 4.18 Å². The van der Waals surface area contributed by atoms with E-state index in [0.29, 0.717) is 10.6 Å². The molecule has 0 aliphatic heterocycles. The molecule has 1 atom stereocenters. The topological polar surface area (TPSA) is 56.5 Å². The summed E-state index contributed by atoms with van der Waals surface area (Å²) in [5, 5.41) is 5.00. The fourth-order valence-corrected chi connectivity index (χ4v) is 2.80. The summed E-state index contributed by atoms with van der Waals surface area (Å²) in [6, 6.07) is 7.31. The van der Waals surface area contributed by atoms with E-state index in [0.717, 1.165) is 10.6 Å². The van der Waals surface area contributed by atoms with Crippen LogP contribution in [-0.2, 0) is 18.3 Å². The Bertz CT molecular complexity index is 628. The highest BCUT2D eigenvalue weighted by molar-refractivity contribution is 7.79. The van der Waals surface area contributed by atoms with Gasteiger partial charge in [0.05, 0.1) is 0 Å².